The van der Waals surface area contributed by atoms with Gasteiger partial charge in [-0.1, -0.05) is 0 Å². The summed E-state index contributed by atoms with van der Waals surface area (Å²) < 4.78 is 32.5. The predicted octanol–water partition coefficient (Wildman–Crippen LogP) is 1.71. The number of nitro groups is 1. The van der Waals surface area contributed by atoms with E-state index < -0.39 is 22.2 Å². The van der Waals surface area contributed by atoms with E-state index in [9.17, 15) is 18.9 Å². The lowest BCUT2D eigenvalue weighted by Crippen LogP contribution is -2.66. The zero-order valence-corrected chi connectivity index (χ0v) is 9.36. The number of anilines is 1. The van der Waals surface area contributed by atoms with E-state index in [4.69, 9.17) is 4.74 Å². The summed E-state index contributed by atoms with van der Waals surface area (Å²) in [5.41, 5.74) is -0.727. The van der Waals surface area contributed by atoms with Crippen LogP contribution < -0.4 is 4.90 Å². The number of non-ortho nitro benzene ring substituents is 1. The largest absolute Gasteiger partial charge is 0.380 e. The van der Waals surface area contributed by atoms with Crippen molar-refractivity contribution in [3.05, 3.63) is 33.9 Å². The van der Waals surface area contributed by atoms with E-state index in [0.29, 0.717) is 26.3 Å². The molecule has 1 aromatic carbocycles. The molecule has 2 aliphatic rings. The van der Waals surface area contributed by atoms with Crippen LogP contribution in [0.5, 0.6) is 0 Å². The fraction of sp³-hybridized carbons (Fsp3) is 0.455. The molecule has 2 fully saturated rings. The molecule has 5 nitrogen and oxygen atoms in total. The van der Waals surface area contributed by atoms with Crippen LogP contribution in [-0.4, -0.2) is 31.2 Å². The van der Waals surface area contributed by atoms with Crippen LogP contribution >= 0.6 is 0 Å². The Hall–Kier alpha value is -1.76. The van der Waals surface area contributed by atoms with Crippen molar-refractivity contribution in [2.24, 2.45) is 5.41 Å². The number of benzene rings is 1. The van der Waals surface area contributed by atoms with Crippen LogP contribution in [0.15, 0.2) is 12.1 Å². The Morgan fingerprint density at radius 1 is 1.28 bits per heavy atom. The summed E-state index contributed by atoms with van der Waals surface area (Å²) in [6.07, 6.45) is 0. The van der Waals surface area contributed by atoms with Crippen LogP contribution in [0.1, 0.15) is 0 Å². The van der Waals surface area contributed by atoms with E-state index in [-0.39, 0.29) is 11.1 Å². The zero-order chi connectivity index (χ0) is 12.9. The van der Waals surface area contributed by atoms with Gasteiger partial charge in [0.05, 0.1) is 35.7 Å². The maximum absolute atomic E-state index is 13.7. The van der Waals surface area contributed by atoms with E-state index >= 15 is 0 Å². The van der Waals surface area contributed by atoms with Crippen molar-refractivity contribution in [2.45, 2.75) is 0 Å². The summed E-state index contributed by atoms with van der Waals surface area (Å²) in [4.78, 5) is 11.2. The van der Waals surface area contributed by atoms with Crippen LogP contribution in [0.2, 0.25) is 0 Å². The maximum atomic E-state index is 13.7. The quantitative estimate of drug-likeness (QED) is 0.597. The Kier molecular flexibility index (Phi) is 2.28. The number of hydrogen-bond acceptors (Lipinski definition) is 4. The lowest BCUT2D eigenvalue weighted by atomic mass is 9.77. The first-order valence-corrected chi connectivity index (χ1v) is 5.47. The van der Waals surface area contributed by atoms with Gasteiger partial charge in [0.25, 0.3) is 5.69 Å². The highest BCUT2D eigenvalue weighted by Gasteiger charge is 2.50. The van der Waals surface area contributed by atoms with Crippen molar-refractivity contribution in [3.8, 4) is 0 Å². The van der Waals surface area contributed by atoms with Crippen molar-refractivity contribution in [1.82, 2.24) is 0 Å². The molecule has 0 atom stereocenters. The number of nitrogens with zero attached hydrogens (tertiary/aromatic N) is 2. The molecule has 18 heavy (non-hydrogen) atoms. The molecular weight excluding hydrogens is 246 g/mol. The molecule has 0 aromatic heterocycles. The van der Waals surface area contributed by atoms with Crippen molar-refractivity contribution < 1.29 is 18.4 Å². The third-order valence-corrected chi connectivity index (χ3v) is 3.40. The predicted molar refractivity (Wildman–Crippen MR) is 58.5 cm³/mol. The molecule has 0 radical (unpaired) electrons. The number of halogens is 2. The van der Waals surface area contributed by atoms with Crippen molar-refractivity contribution in [1.29, 1.82) is 0 Å². The summed E-state index contributed by atoms with van der Waals surface area (Å²) >= 11 is 0. The average Bonchev–Trinajstić information content (AvgIpc) is 2.16. The minimum Gasteiger partial charge on any atom is -0.380 e. The van der Waals surface area contributed by atoms with Crippen LogP contribution in [0.25, 0.3) is 0 Å². The summed E-state index contributed by atoms with van der Waals surface area (Å²) in [5, 5.41) is 10.5. The summed E-state index contributed by atoms with van der Waals surface area (Å²) in [7, 11) is 0. The van der Waals surface area contributed by atoms with Gasteiger partial charge in [0.1, 0.15) is 5.69 Å². The van der Waals surface area contributed by atoms with Gasteiger partial charge in [0.2, 0.25) is 0 Å². The van der Waals surface area contributed by atoms with Crippen molar-refractivity contribution >= 4 is 11.4 Å². The van der Waals surface area contributed by atoms with Crippen LogP contribution in [0, 0.1) is 27.2 Å². The van der Waals surface area contributed by atoms with Gasteiger partial charge in [-0.2, -0.15) is 0 Å². The fourth-order valence-corrected chi connectivity index (χ4v) is 2.45. The summed E-state index contributed by atoms with van der Waals surface area (Å²) in [6.45, 7) is 2.27. The van der Waals surface area contributed by atoms with Gasteiger partial charge in [0, 0.05) is 13.1 Å². The van der Waals surface area contributed by atoms with Gasteiger partial charge in [-0.05, 0) is 0 Å². The lowest BCUT2D eigenvalue weighted by molar-refractivity contribution is -0.385. The highest BCUT2D eigenvalue weighted by atomic mass is 19.1. The van der Waals surface area contributed by atoms with E-state index in [1.807, 2.05) is 0 Å². The van der Waals surface area contributed by atoms with E-state index in [0.717, 1.165) is 12.1 Å². The molecule has 0 N–H and O–H groups in total. The fourth-order valence-electron chi connectivity index (χ4n) is 2.45. The Morgan fingerprint density at radius 3 is 2.22 bits per heavy atom. The first-order chi connectivity index (χ1) is 8.51. The minimum atomic E-state index is -0.892. The normalized spacial score (nSPS) is 20.4. The topological polar surface area (TPSA) is 55.6 Å². The molecule has 0 amide bonds. The summed E-state index contributed by atoms with van der Waals surface area (Å²) in [5.74, 6) is -1.78. The van der Waals surface area contributed by atoms with Crippen LogP contribution in [-0.2, 0) is 4.74 Å². The van der Waals surface area contributed by atoms with Crippen LogP contribution in [0.3, 0.4) is 0 Å². The molecule has 1 aromatic rings. The number of hydrogen-bond donors (Lipinski definition) is 0. The lowest BCUT2D eigenvalue weighted by Gasteiger charge is -2.55. The smallest absolute Gasteiger partial charge is 0.275 e. The highest BCUT2D eigenvalue weighted by Crippen LogP contribution is 2.42. The maximum Gasteiger partial charge on any atom is 0.275 e. The Bertz CT molecular complexity index is 500. The summed E-state index contributed by atoms with van der Waals surface area (Å²) in [6, 6.07) is 1.50. The third-order valence-electron chi connectivity index (χ3n) is 3.40. The highest BCUT2D eigenvalue weighted by molar-refractivity contribution is 5.56. The first kappa shape index (κ1) is 11.3. The SMILES string of the molecule is O=[N+]([O-])c1cc(F)c(N2CC3(COC3)C2)c(F)c1. The van der Waals surface area contributed by atoms with Crippen molar-refractivity contribution in [3.63, 3.8) is 0 Å². The van der Waals surface area contributed by atoms with E-state index in [2.05, 4.69) is 0 Å². The molecule has 1 spiro atoms. The third kappa shape index (κ3) is 1.54. The Labute approximate surface area is 101 Å². The molecule has 3 rings (SSSR count). The molecule has 2 aliphatic heterocycles. The molecule has 2 heterocycles. The number of rotatable bonds is 2. The second-order valence-electron chi connectivity index (χ2n) is 4.86. The monoisotopic (exact) mass is 256 g/mol. The molecule has 0 unspecified atom stereocenters. The van der Waals surface area contributed by atoms with Crippen LogP contribution in [0.4, 0.5) is 20.2 Å². The van der Waals surface area contributed by atoms with Gasteiger partial charge in [-0.15, -0.1) is 0 Å². The molecule has 0 aliphatic carbocycles. The molecular formula is C11H10F2N2O3. The Balaban J connectivity index is 1.87. The van der Waals surface area contributed by atoms with Crippen molar-refractivity contribution in [2.75, 3.05) is 31.2 Å². The van der Waals surface area contributed by atoms with Gasteiger partial charge in [0.15, 0.2) is 11.6 Å². The van der Waals surface area contributed by atoms with Gasteiger partial charge < -0.3 is 9.64 Å². The number of nitro benzene ring substituents is 1. The average molecular weight is 256 g/mol. The number of ether oxygens (including phenoxy) is 1. The van der Waals surface area contributed by atoms with Gasteiger partial charge in [-0.3, -0.25) is 10.1 Å². The molecule has 96 valence electrons. The zero-order valence-electron chi connectivity index (χ0n) is 9.36. The Morgan fingerprint density at radius 2 is 1.83 bits per heavy atom. The second-order valence-corrected chi connectivity index (χ2v) is 4.86. The minimum absolute atomic E-state index is 0.0284. The molecule has 2 saturated heterocycles. The van der Waals surface area contributed by atoms with E-state index in [1.165, 1.54) is 0 Å². The molecule has 0 saturated carbocycles. The van der Waals surface area contributed by atoms with E-state index in [1.54, 1.807) is 4.90 Å². The standard InChI is InChI=1S/C11H10F2N2O3/c12-8-1-7(15(16)17)2-9(13)10(8)14-3-11(4-14)5-18-6-11/h1-2H,3-6H2. The first-order valence-electron chi connectivity index (χ1n) is 5.47. The van der Waals surface area contributed by atoms with Gasteiger partial charge in [-0.25, -0.2) is 8.78 Å². The molecule has 7 heteroatoms. The molecule has 0 bridgehead atoms. The second kappa shape index (κ2) is 3.61. The van der Waals surface area contributed by atoms with Gasteiger partial charge >= 0.3 is 0 Å².